The topological polar surface area (TPSA) is 94.8 Å². The number of fused-ring (bicyclic) bond motifs is 1. The number of nitrogens with zero attached hydrogens (tertiary/aromatic N) is 2. The van der Waals surface area contributed by atoms with Crippen molar-refractivity contribution in [2.45, 2.75) is 30.5 Å². The van der Waals surface area contributed by atoms with Gasteiger partial charge in [0.05, 0.1) is 27.5 Å². The van der Waals surface area contributed by atoms with Crippen molar-refractivity contribution >= 4 is 43.3 Å². The largest absolute Gasteiger partial charge is 0.468 e. The van der Waals surface area contributed by atoms with Gasteiger partial charge in [-0.2, -0.15) is 4.99 Å². The maximum atomic E-state index is 13.6. The Morgan fingerprint density at radius 3 is 2.43 bits per heavy atom. The van der Waals surface area contributed by atoms with Crippen LogP contribution < -0.4 is 4.80 Å². The van der Waals surface area contributed by atoms with E-state index in [9.17, 15) is 22.4 Å². The van der Waals surface area contributed by atoms with Crippen molar-refractivity contribution in [1.29, 1.82) is 0 Å². The van der Waals surface area contributed by atoms with E-state index in [0.717, 1.165) is 11.3 Å². The Morgan fingerprint density at radius 2 is 1.83 bits per heavy atom. The fraction of sp³-hybridized carbons (Fsp3) is 0.250. The molecular formula is C20H19FN2O5S2. The Bertz CT molecular complexity index is 1290. The highest BCUT2D eigenvalue weighted by Gasteiger charge is 2.19. The molecule has 0 fully saturated rings. The average molecular weight is 451 g/mol. The number of esters is 1. The molecule has 0 unspecified atom stereocenters. The number of amides is 1. The highest BCUT2D eigenvalue weighted by molar-refractivity contribution is 7.92. The van der Waals surface area contributed by atoms with Crippen molar-refractivity contribution in [2.24, 2.45) is 4.99 Å². The Labute approximate surface area is 176 Å². The first-order valence-electron chi connectivity index (χ1n) is 8.92. The van der Waals surface area contributed by atoms with Crippen LogP contribution in [0.25, 0.3) is 10.2 Å². The minimum Gasteiger partial charge on any atom is -0.468 e. The number of benzene rings is 2. The Kier molecular flexibility index (Phi) is 6.18. The van der Waals surface area contributed by atoms with E-state index in [4.69, 9.17) is 4.74 Å². The van der Waals surface area contributed by atoms with E-state index in [1.165, 1.54) is 54.1 Å². The molecule has 0 saturated heterocycles. The highest BCUT2D eigenvalue weighted by Crippen LogP contribution is 2.20. The monoisotopic (exact) mass is 450 g/mol. The third-order valence-electron chi connectivity index (χ3n) is 4.41. The van der Waals surface area contributed by atoms with E-state index in [0.29, 0.717) is 10.2 Å². The van der Waals surface area contributed by atoms with Gasteiger partial charge in [-0.1, -0.05) is 11.3 Å². The molecule has 0 spiro atoms. The van der Waals surface area contributed by atoms with Gasteiger partial charge in [-0.15, -0.1) is 0 Å². The summed E-state index contributed by atoms with van der Waals surface area (Å²) in [6.07, 6.45) is 0. The quantitative estimate of drug-likeness (QED) is 0.557. The van der Waals surface area contributed by atoms with Gasteiger partial charge < -0.3 is 9.30 Å². The van der Waals surface area contributed by atoms with E-state index in [1.54, 1.807) is 13.8 Å². The smallest absolute Gasteiger partial charge is 0.325 e. The molecule has 0 aliphatic rings. The second-order valence-corrected chi connectivity index (χ2v) is 10.2. The van der Waals surface area contributed by atoms with E-state index in [1.807, 2.05) is 0 Å². The van der Waals surface area contributed by atoms with Crippen molar-refractivity contribution < 1.29 is 27.1 Å². The lowest BCUT2D eigenvalue weighted by atomic mass is 10.2. The molecule has 7 nitrogen and oxygen atoms in total. The first-order valence-corrected chi connectivity index (χ1v) is 11.3. The molecule has 0 atom stereocenters. The molecule has 0 aliphatic heterocycles. The zero-order chi connectivity index (χ0) is 22.1. The van der Waals surface area contributed by atoms with Gasteiger partial charge in [-0.25, -0.2) is 12.8 Å². The number of hydrogen-bond acceptors (Lipinski definition) is 6. The third-order valence-corrected chi connectivity index (χ3v) is 7.62. The minimum absolute atomic E-state index is 0.118. The van der Waals surface area contributed by atoms with Crippen LogP contribution in [0.4, 0.5) is 4.39 Å². The number of halogens is 1. The summed E-state index contributed by atoms with van der Waals surface area (Å²) in [5, 5.41) is -0.583. The van der Waals surface area contributed by atoms with E-state index in [-0.39, 0.29) is 21.8 Å². The van der Waals surface area contributed by atoms with Crippen LogP contribution >= 0.6 is 11.3 Å². The van der Waals surface area contributed by atoms with Gasteiger partial charge in [0.25, 0.3) is 5.91 Å². The normalized spacial score (nSPS) is 12.5. The van der Waals surface area contributed by atoms with Gasteiger partial charge in [0.2, 0.25) is 0 Å². The van der Waals surface area contributed by atoms with Crippen molar-refractivity contribution in [3.63, 3.8) is 0 Å². The zero-order valence-electron chi connectivity index (χ0n) is 16.5. The summed E-state index contributed by atoms with van der Waals surface area (Å²) in [6, 6.07) is 9.55. The number of ether oxygens (including phenoxy) is 1. The third kappa shape index (κ3) is 4.34. The fourth-order valence-corrected chi connectivity index (χ4v) is 4.80. The number of carbonyl (C=O) groups is 2. The molecule has 3 aromatic rings. The maximum Gasteiger partial charge on any atom is 0.325 e. The summed E-state index contributed by atoms with van der Waals surface area (Å²) in [5.41, 5.74) is 0.725. The minimum atomic E-state index is -3.45. The summed E-state index contributed by atoms with van der Waals surface area (Å²) >= 11 is 1.06. The molecule has 0 N–H and O–H groups in total. The maximum absolute atomic E-state index is 13.6. The van der Waals surface area contributed by atoms with Crippen LogP contribution in [0.1, 0.15) is 24.2 Å². The first kappa shape index (κ1) is 21.8. The number of methoxy groups -OCH3 is 1. The van der Waals surface area contributed by atoms with Crippen LogP contribution in [0.15, 0.2) is 52.4 Å². The summed E-state index contributed by atoms with van der Waals surface area (Å²) in [6.45, 7) is 2.96. The van der Waals surface area contributed by atoms with E-state index < -0.39 is 32.8 Å². The zero-order valence-corrected chi connectivity index (χ0v) is 18.1. The Hall–Kier alpha value is -2.85. The Balaban J connectivity index is 2.04. The first-order chi connectivity index (χ1) is 14.1. The second-order valence-electron chi connectivity index (χ2n) is 6.69. The van der Waals surface area contributed by atoms with Gasteiger partial charge in [-0.05, 0) is 56.3 Å². The van der Waals surface area contributed by atoms with Gasteiger partial charge in [0.15, 0.2) is 14.6 Å². The molecule has 1 heterocycles. The SMILES string of the molecule is COC(=O)Cn1c(=NC(=O)c2ccc(S(=O)(=O)C(C)C)cc2)sc2cc(F)ccc21. The summed E-state index contributed by atoms with van der Waals surface area (Å²) in [4.78, 5) is 28.8. The molecule has 0 radical (unpaired) electrons. The number of hydrogen-bond donors (Lipinski definition) is 0. The number of sulfone groups is 1. The van der Waals surface area contributed by atoms with Gasteiger partial charge in [0, 0.05) is 5.56 Å². The summed E-state index contributed by atoms with van der Waals surface area (Å²) < 4.78 is 44.7. The molecular weight excluding hydrogens is 431 g/mol. The lowest BCUT2D eigenvalue weighted by Gasteiger charge is -2.07. The van der Waals surface area contributed by atoms with E-state index >= 15 is 0 Å². The predicted molar refractivity (Wildman–Crippen MR) is 110 cm³/mol. The van der Waals surface area contributed by atoms with Crippen LogP contribution in [0.5, 0.6) is 0 Å². The van der Waals surface area contributed by atoms with Gasteiger partial charge in [-0.3, -0.25) is 9.59 Å². The van der Waals surface area contributed by atoms with Gasteiger partial charge in [0.1, 0.15) is 12.4 Å². The summed E-state index contributed by atoms with van der Waals surface area (Å²) in [5.74, 6) is -1.61. The molecule has 30 heavy (non-hydrogen) atoms. The van der Waals surface area contributed by atoms with Crippen LogP contribution in [0, 0.1) is 5.82 Å². The second kappa shape index (κ2) is 8.49. The molecule has 0 saturated carbocycles. The van der Waals surface area contributed by atoms with Crippen molar-refractivity contribution in [1.82, 2.24) is 4.57 Å². The lowest BCUT2D eigenvalue weighted by Crippen LogP contribution is -2.22. The van der Waals surface area contributed by atoms with Crippen LogP contribution in [-0.2, 0) is 25.9 Å². The van der Waals surface area contributed by atoms with Gasteiger partial charge >= 0.3 is 5.97 Å². The number of rotatable bonds is 5. The molecule has 2 aromatic carbocycles. The molecule has 0 aliphatic carbocycles. The van der Waals surface area contributed by atoms with Crippen molar-refractivity contribution in [2.75, 3.05) is 7.11 Å². The Morgan fingerprint density at radius 1 is 1.17 bits per heavy atom. The molecule has 158 valence electrons. The van der Waals surface area contributed by atoms with E-state index in [2.05, 4.69) is 4.99 Å². The lowest BCUT2D eigenvalue weighted by molar-refractivity contribution is -0.141. The van der Waals surface area contributed by atoms with Crippen molar-refractivity contribution in [3.8, 4) is 0 Å². The molecule has 0 bridgehead atoms. The highest BCUT2D eigenvalue weighted by atomic mass is 32.2. The number of thiazole rings is 1. The molecule has 10 heteroatoms. The predicted octanol–water partition coefficient (Wildman–Crippen LogP) is 2.94. The number of aromatic nitrogens is 1. The molecule has 1 amide bonds. The van der Waals surface area contributed by atoms with Crippen LogP contribution in [-0.4, -0.2) is 37.2 Å². The number of carbonyl (C=O) groups excluding carboxylic acids is 2. The van der Waals surface area contributed by atoms with Crippen molar-refractivity contribution in [3.05, 3.63) is 58.6 Å². The standard InChI is InChI=1S/C20H19FN2O5S2/c1-12(2)30(26,27)15-7-4-13(5-8-15)19(25)22-20-23(11-18(24)28-3)16-9-6-14(21)10-17(16)29-20/h4-10,12H,11H2,1-3H3. The molecule has 3 rings (SSSR count). The van der Waals surface area contributed by atoms with Crippen LogP contribution in [0.2, 0.25) is 0 Å². The fourth-order valence-electron chi connectivity index (χ4n) is 2.69. The molecule has 1 aromatic heterocycles. The van der Waals surface area contributed by atoms with Crippen LogP contribution in [0.3, 0.4) is 0 Å². The average Bonchev–Trinajstić information content (AvgIpc) is 3.03. The summed E-state index contributed by atoms with van der Waals surface area (Å²) in [7, 11) is -2.21.